The lowest BCUT2D eigenvalue weighted by Gasteiger charge is -2.26. The van der Waals surface area contributed by atoms with E-state index in [1.165, 1.54) is 44.9 Å². The molecule has 160 valence electrons. The lowest BCUT2D eigenvalue weighted by atomic mass is 9.88. The number of aliphatic hydroxyl groups is 3. The first-order valence-electron chi connectivity index (χ1n) is 10.8. The van der Waals surface area contributed by atoms with Crippen LogP contribution in [0.25, 0.3) is 0 Å². The van der Waals surface area contributed by atoms with Gasteiger partial charge in [0.05, 0.1) is 26.4 Å². The van der Waals surface area contributed by atoms with Gasteiger partial charge in [-0.05, 0) is 38.5 Å². The molecule has 0 atom stereocenters. The minimum Gasteiger partial charge on any atom is -0.466 e. The average Bonchev–Trinajstić information content (AvgIpc) is 2.69. The third kappa shape index (κ3) is 14.8. The second-order valence-corrected chi connectivity index (χ2v) is 7.57. The van der Waals surface area contributed by atoms with Gasteiger partial charge in [0.15, 0.2) is 0 Å². The standard InChI is InChI=1S/C22H42O5/c1-2-3-4-5-6-7-8-9-10-11-12-13-14-15-21(26)27-17-16-22(18-23,19-24)20-25/h7-8,23-25H,2-6,9-20H2,1H3/b8-7-. The van der Waals surface area contributed by atoms with Crippen molar-refractivity contribution in [1.82, 2.24) is 0 Å². The molecule has 0 amide bonds. The molecule has 0 aromatic rings. The first kappa shape index (κ1) is 26.1. The fourth-order valence-electron chi connectivity index (χ4n) is 2.83. The molecule has 0 aliphatic heterocycles. The third-order valence-corrected chi connectivity index (χ3v) is 5.04. The SMILES string of the molecule is CCCCCC/C=C\CCCCCCCC(=O)OCCC(CO)(CO)CO. The Bertz CT molecular complexity index is 355. The maximum Gasteiger partial charge on any atom is 0.305 e. The highest BCUT2D eigenvalue weighted by Gasteiger charge is 2.28. The fraction of sp³-hybridized carbons (Fsp3) is 0.864. The normalized spacial score (nSPS) is 12.0. The van der Waals surface area contributed by atoms with Gasteiger partial charge in [-0.1, -0.05) is 57.6 Å². The molecule has 5 nitrogen and oxygen atoms in total. The number of hydrogen-bond donors (Lipinski definition) is 3. The van der Waals surface area contributed by atoms with Gasteiger partial charge in [0, 0.05) is 11.8 Å². The molecule has 0 radical (unpaired) electrons. The maximum atomic E-state index is 11.7. The lowest BCUT2D eigenvalue weighted by Crippen LogP contribution is -2.35. The molecule has 0 saturated heterocycles. The number of rotatable bonds is 19. The summed E-state index contributed by atoms with van der Waals surface area (Å²) in [6, 6.07) is 0. The van der Waals surface area contributed by atoms with Crippen molar-refractivity contribution >= 4 is 5.97 Å². The van der Waals surface area contributed by atoms with E-state index in [0.717, 1.165) is 25.7 Å². The molecular weight excluding hydrogens is 344 g/mol. The summed E-state index contributed by atoms with van der Waals surface area (Å²) in [4.78, 5) is 11.7. The molecule has 0 saturated carbocycles. The summed E-state index contributed by atoms with van der Waals surface area (Å²) in [5, 5.41) is 27.6. The molecule has 0 bridgehead atoms. The first-order valence-corrected chi connectivity index (χ1v) is 10.8. The van der Waals surface area contributed by atoms with Crippen LogP contribution in [-0.2, 0) is 9.53 Å². The van der Waals surface area contributed by atoms with Gasteiger partial charge in [0.1, 0.15) is 0 Å². The van der Waals surface area contributed by atoms with E-state index >= 15 is 0 Å². The second-order valence-electron chi connectivity index (χ2n) is 7.57. The quantitative estimate of drug-likeness (QED) is 0.176. The topological polar surface area (TPSA) is 87.0 Å². The Kier molecular flexibility index (Phi) is 17.8. The van der Waals surface area contributed by atoms with E-state index in [4.69, 9.17) is 4.74 Å². The van der Waals surface area contributed by atoms with Crippen LogP contribution in [0.5, 0.6) is 0 Å². The Labute approximate surface area is 165 Å². The zero-order chi connectivity index (χ0) is 20.2. The number of allylic oxidation sites excluding steroid dienone is 2. The van der Waals surface area contributed by atoms with Crippen molar-refractivity contribution in [2.24, 2.45) is 5.41 Å². The predicted octanol–water partition coefficient (Wildman–Crippen LogP) is 4.14. The molecule has 0 fully saturated rings. The highest BCUT2D eigenvalue weighted by atomic mass is 16.5. The number of hydrogen-bond acceptors (Lipinski definition) is 5. The number of carbonyl (C=O) groups is 1. The highest BCUT2D eigenvalue weighted by molar-refractivity contribution is 5.69. The van der Waals surface area contributed by atoms with Crippen LogP contribution < -0.4 is 0 Å². The number of ether oxygens (including phenoxy) is 1. The molecule has 3 N–H and O–H groups in total. The summed E-state index contributed by atoms with van der Waals surface area (Å²) in [5.74, 6) is -0.247. The van der Waals surface area contributed by atoms with Crippen LogP contribution in [0.2, 0.25) is 0 Å². The van der Waals surface area contributed by atoms with E-state index in [1.54, 1.807) is 0 Å². The van der Waals surface area contributed by atoms with E-state index in [9.17, 15) is 20.1 Å². The minimum atomic E-state index is -0.968. The fourth-order valence-corrected chi connectivity index (χ4v) is 2.83. The van der Waals surface area contributed by atoms with Gasteiger partial charge in [-0.2, -0.15) is 0 Å². The van der Waals surface area contributed by atoms with Crippen molar-refractivity contribution < 1.29 is 24.9 Å². The van der Waals surface area contributed by atoms with Gasteiger partial charge >= 0.3 is 5.97 Å². The van der Waals surface area contributed by atoms with E-state index in [0.29, 0.717) is 6.42 Å². The molecule has 0 aliphatic carbocycles. The Morgan fingerprint density at radius 2 is 1.33 bits per heavy atom. The van der Waals surface area contributed by atoms with Gasteiger partial charge < -0.3 is 20.1 Å². The molecule has 0 unspecified atom stereocenters. The summed E-state index contributed by atoms with van der Waals surface area (Å²) < 4.78 is 5.13. The smallest absolute Gasteiger partial charge is 0.305 e. The Balaban J connectivity index is 3.47. The molecule has 0 aromatic carbocycles. The highest BCUT2D eigenvalue weighted by Crippen LogP contribution is 2.20. The van der Waals surface area contributed by atoms with E-state index in [-0.39, 0.29) is 38.8 Å². The molecule has 27 heavy (non-hydrogen) atoms. The zero-order valence-electron chi connectivity index (χ0n) is 17.3. The molecule has 0 aliphatic rings. The number of aliphatic hydroxyl groups excluding tert-OH is 3. The summed E-state index contributed by atoms with van der Waals surface area (Å²) in [6.07, 6.45) is 18.3. The van der Waals surface area contributed by atoms with E-state index < -0.39 is 5.41 Å². The Morgan fingerprint density at radius 1 is 0.815 bits per heavy atom. The predicted molar refractivity (Wildman–Crippen MR) is 109 cm³/mol. The summed E-state index contributed by atoms with van der Waals surface area (Å²) >= 11 is 0. The minimum absolute atomic E-state index is 0.116. The summed E-state index contributed by atoms with van der Waals surface area (Å²) in [5.41, 5.74) is -0.968. The molecule has 0 spiro atoms. The zero-order valence-corrected chi connectivity index (χ0v) is 17.3. The molecular formula is C22H42O5. The van der Waals surface area contributed by atoms with Crippen LogP contribution in [-0.4, -0.2) is 47.7 Å². The number of unbranched alkanes of at least 4 members (excludes halogenated alkanes) is 9. The van der Waals surface area contributed by atoms with E-state index in [2.05, 4.69) is 19.1 Å². The van der Waals surface area contributed by atoms with Crippen LogP contribution in [0.1, 0.15) is 90.4 Å². The summed E-state index contributed by atoms with van der Waals surface area (Å²) in [6.45, 7) is 1.37. The van der Waals surface area contributed by atoms with Gasteiger partial charge in [0.2, 0.25) is 0 Å². The van der Waals surface area contributed by atoms with E-state index in [1.807, 2.05) is 0 Å². The van der Waals surface area contributed by atoms with Crippen LogP contribution in [0.3, 0.4) is 0 Å². The van der Waals surface area contributed by atoms with Crippen molar-refractivity contribution in [3.05, 3.63) is 12.2 Å². The van der Waals surface area contributed by atoms with Crippen molar-refractivity contribution in [3.63, 3.8) is 0 Å². The number of esters is 1. The molecule has 0 rings (SSSR count). The second kappa shape index (κ2) is 18.5. The Morgan fingerprint density at radius 3 is 1.89 bits per heavy atom. The van der Waals surface area contributed by atoms with Crippen molar-refractivity contribution in [2.45, 2.75) is 90.4 Å². The van der Waals surface area contributed by atoms with Gasteiger partial charge in [-0.3, -0.25) is 4.79 Å². The number of carbonyl (C=O) groups excluding carboxylic acids is 1. The maximum absolute atomic E-state index is 11.7. The van der Waals surface area contributed by atoms with Crippen LogP contribution >= 0.6 is 0 Å². The van der Waals surface area contributed by atoms with Crippen molar-refractivity contribution in [3.8, 4) is 0 Å². The Hall–Kier alpha value is -0.910. The van der Waals surface area contributed by atoms with Crippen LogP contribution in [0, 0.1) is 5.41 Å². The molecule has 0 aromatic heterocycles. The van der Waals surface area contributed by atoms with Crippen LogP contribution in [0.4, 0.5) is 0 Å². The van der Waals surface area contributed by atoms with Crippen molar-refractivity contribution in [2.75, 3.05) is 26.4 Å². The van der Waals surface area contributed by atoms with Crippen LogP contribution in [0.15, 0.2) is 12.2 Å². The van der Waals surface area contributed by atoms with Gasteiger partial charge in [-0.15, -0.1) is 0 Å². The molecule has 5 heteroatoms. The van der Waals surface area contributed by atoms with Gasteiger partial charge in [-0.25, -0.2) is 0 Å². The average molecular weight is 387 g/mol. The largest absolute Gasteiger partial charge is 0.466 e. The molecule has 0 heterocycles. The lowest BCUT2D eigenvalue weighted by molar-refractivity contribution is -0.145. The first-order chi connectivity index (χ1) is 13.1. The third-order valence-electron chi connectivity index (χ3n) is 5.04. The van der Waals surface area contributed by atoms with Crippen molar-refractivity contribution in [1.29, 1.82) is 0 Å². The summed E-state index contributed by atoms with van der Waals surface area (Å²) in [7, 11) is 0. The van der Waals surface area contributed by atoms with Gasteiger partial charge in [0.25, 0.3) is 0 Å². The monoisotopic (exact) mass is 386 g/mol.